The van der Waals surface area contributed by atoms with E-state index in [1.54, 1.807) is 0 Å². The van der Waals surface area contributed by atoms with E-state index >= 15 is 0 Å². The van der Waals surface area contributed by atoms with Gasteiger partial charge in [-0.15, -0.1) is 0 Å². The average molecular weight is 485 g/mol. The number of carbonyl (C=O) groups excluding carboxylic acids is 1. The number of nitrogens with zero attached hydrogens (tertiary/aromatic N) is 2. The van der Waals surface area contributed by atoms with Crippen LogP contribution in [0.3, 0.4) is 0 Å². The zero-order valence-corrected chi connectivity index (χ0v) is 21.3. The number of hydrogen-bond donors (Lipinski definition) is 0. The van der Waals surface area contributed by atoms with E-state index in [2.05, 4.69) is 59.5 Å². The summed E-state index contributed by atoms with van der Waals surface area (Å²) >= 11 is 0. The third-order valence-corrected chi connectivity index (χ3v) is 7.40. The van der Waals surface area contributed by atoms with Crippen LogP contribution in [0.25, 0.3) is 0 Å². The fourth-order valence-electron chi connectivity index (χ4n) is 5.74. The van der Waals surface area contributed by atoms with Gasteiger partial charge in [0, 0.05) is 44.1 Å². The highest BCUT2D eigenvalue weighted by molar-refractivity contribution is 5.78. The fourth-order valence-corrected chi connectivity index (χ4v) is 5.74. The summed E-state index contributed by atoms with van der Waals surface area (Å²) in [7, 11) is 0. The van der Waals surface area contributed by atoms with Crippen LogP contribution in [-0.4, -0.2) is 54.1 Å². The number of carbonyl (C=O) groups is 1. The molecule has 5 rings (SSSR count). The third kappa shape index (κ3) is 5.73. The monoisotopic (exact) mass is 484 g/mol. The Balaban J connectivity index is 1.31. The quantitative estimate of drug-likeness (QED) is 0.431. The van der Waals surface area contributed by atoms with Crippen molar-refractivity contribution in [1.29, 1.82) is 0 Å². The van der Waals surface area contributed by atoms with Gasteiger partial charge in [-0.1, -0.05) is 60.7 Å². The first-order valence-corrected chi connectivity index (χ1v) is 13.1. The summed E-state index contributed by atoms with van der Waals surface area (Å²) in [6.07, 6.45) is 1.14. The van der Waals surface area contributed by atoms with E-state index in [1.165, 1.54) is 11.1 Å². The second-order valence-electron chi connectivity index (χ2n) is 10.2. The molecule has 3 aromatic rings. The van der Waals surface area contributed by atoms with Gasteiger partial charge >= 0.3 is 0 Å². The Morgan fingerprint density at radius 2 is 1.58 bits per heavy atom. The average Bonchev–Trinajstić information content (AvgIpc) is 3.26. The summed E-state index contributed by atoms with van der Waals surface area (Å²) in [5.74, 6) is 2.47. The van der Waals surface area contributed by atoms with E-state index in [0.717, 1.165) is 44.1 Å². The lowest BCUT2D eigenvalue weighted by atomic mass is 9.81. The van der Waals surface area contributed by atoms with Crippen molar-refractivity contribution in [2.75, 3.05) is 26.2 Å². The molecule has 2 aliphatic rings. The van der Waals surface area contributed by atoms with Crippen LogP contribution in [0.15, 0.2) is 84.9 Å². The minimum absolute atomic E-state index is 0.0678. The normalized spacial score (nSPS) is 21.9. The van der Waals surface area contributed by atoms with Gasteiger partial charge in [0.2, 0.25) is 0 Å². The van der Waals surface area contributed by atoms with Crippen molar-refractivity contribution < 1.29 is 14.3 Å². The predicted molar refractivity (Wildman–Crippen MR) is 142 cm³/mol. The van der Waals surface area contributed by atoms with E-state index in [4.69, 9.17) is 9.47 Å². The summed E-state index contributed by atoms with van der Waals surface area (Å²) in [5, 5.41) is 0. The van der Waals surface area contributed by atoms with Crippen LogP contribution >= 0.6 is 0 Å². The lowest BCUT2D eigenvalue weighted by molar-refractivity contribution is -0.135. The molecule has 2 heterocycles. The third-order valence-electron chi connectivity index (χ3n) is 7.40. The van der Waals surface area contributed by atoms with Crippen LogP contribution in [0, 0.1) is 5.92 Å². The van der Waals surface area contributed by atoms with E-state index in [0.29, 0.717) is 17.9 Å². The minimum Gasteiger partial charge on any atom is -0.491 e. The number of rotatable bonds is 8. The molecule has 0 aromatic heterocycles. The van der Waals surface area contributed by atoms with Gasteiger partial charge < -0.3 is 14.4 Å². The van der Waals surface area contributed by atoms with E-state index < -0.39 is 0 Å². The molecule has 0 spiro atoms. The summed E-state index contributed by atoms with van der Waals surface area (Å²) in [5.41, 5.74) is 2.67. The van der Waals surface area contributed by atoms with Gasteiger partial charge in [-0.05, 0) is 55.7 Å². The smallest absolute Gasteiger partial charge is 0.260 e. The molecule has 0 radical (unpaired) electrons. The number of fused-ring (bicyclic) bond motifs is 1. The molecule has 5 nitrogen and oxygen atoms in total. The molecule has 188 valence electrons. The van der Waals surface area contributed by atoms with Crippen LogP contribution in [0.2, 0.25) is 0 Å². The Kier molecular flexibility index (Phi) is 7.57. The van der Waals surface area contributed by atoms with E-state index in [-0.39, 0.29) is 18.6 Å². The molecule has 3 atom stereocenters. The highest BCUT2D eigenvalue weighted by atomic mass is 16.5. The first-order chi connectivity index (χ1) is 17.6. The summed E-state index contributed by atoms with van der Waals surface area (Å²) in [6, 6.07) is 29.3. The molecule has 0 aliphatic carbocycles. The van der Waals surface area contributed by atoms with Crippen LogP contribution in [0.1, 0.15) is 37.3 Å². The summed E-state index contributed by atoms with van der Waals surface area (Å²) in [4.78, 5) is 17.7. The summed E-state index contributed by atoms with van der Waals surface area (Å²) in [6.45, 7) is 7.66. The standard InChI is InChI=1S/C31H36N2O3/c1-23(2)36-27-15-13-25(14-16-27)28-20-33(19-24-9-5-3-6-10-24)30-17-18-32(21-29(28)30)31(34)22-35-26-11-7-4-8-12-26/h3-16,23,28-30H,17-22H2,1-2H3/t28-,29-,30-/m1/s1. The number of para-hydroxylation sites is 1. The SMILES string of the molecule is CC(C)Oc1ccc([C@H]2CN(Cc3ccccc3)[C@@H]3CCN(C(=O)COc4ccccc4)C[C@H]23)cc1. The second-order valence-corrected chi connectivity index (χ2v) is 10.2. The van der Waals surface area contributed by atoms with Gasteiger partial charge in [0.05, 0.1) is 6.10 Å². The molecule has 1 amide bonds. The Labute approximate surface area is 214 Å². The van der Waals surface area contributed by atoms with Gasteiger partial charge in [-0.25, -0.2) is 0 Å². The zero-order chi connectivity index (χ0) is 24.9. The molecule has 0 N–H and O–H groups in total. The molecule has 0 saturated carbocycles. The Morgan fingerprint density at radius 3 is 2.28 bits per heavy atom. The number of likely N-dealkylation sites (tertiary alicyclic amines) is 2. The van der Waals surface area contributed by atoms with Crippen molar-refractivity contribution in [2.24, 2.45) is 5.92 Å². The second kappa shape index (κ2) is 11.2. The predicted octanol–water partition coefficient (Wildman–Crippen LogP) is 5.37. The van der Waals surface area contributed by atoms with Crippen molar-refractivity contribution in [3.8, 4) is 11.5 Å². The van der Waals surface area contributed by atoms with Gasteiger partial charge in [-0.3, -0.25) is 9.69 Å². The summed E-state index contributed by atoms with van der Waals surface area (Å²) < 4.78 is 11.6. The van der Waals surface area contributed by atoms with Crippen molar-refractivity contribution in [2.45, 2.75) is 44.9 Å². The van der Waals surface area contributed by atoms with Crippen molar-refractivity contribution in [3.05, 3.63) is 96.1 Å². The van der Waals surface area contributed by atoms with Crippen molar-refractivity contribution in [3.63, 3.8) is 0 Å². The number of hydrogen-bond acceptors (Lipinski definition) is 4. The lowest BCUT2D eigenvalue weighted by Gasteiger charge is -2.39. The first kappa shape index (κ1) is 24.4. The highest BCUT2D eigenvalue weighted by Crippen LogP contribution is 2.42. The zero-order valence-electron chi connectivity index (χ0n) is 21.3. The lowest BCUT2D eigenvalue weighted by Crippen LogP contribution is -2.49. The minimum atomic E-state index is 0.0678. The highest BCUT2D eigenvalue weighted by Gasteiger charge is 2.45. The van der Waals surface area contributed by atoms with E-state index in [9.17, 15) is 4.79 Å². The Morgan fingerprint density at radius 1 is 0.889 bits per heavy atom. The molecule has 2 fully saturated rings. The Hall–Kier alpha value is -3.31. The topological polar surface area (TPSA) is 42.0 Å². The number of amides is 1. The van der Waals surface area contributed by atoms with Crippen molar-refractivity contribution >= 4 is 5.91 Å². The largest absolute Gasteiger partial charge is 0.491 e. The van der Waals surface area contributed by atoms with Crippen LogP contribution in [0.5, 0.6) is 11.5 Å². The molecule has 2 saturated heterocycles. The maximum Gasteiger partial charge on any atom is 0.260 e. The van der Waals surface area contributed by atoms with Gasteiger partial charge in [-0.2, -0.15) is 0 Å². The van der Waals surface area contributed by atoms with Crippen LogP contribution in [-0.2, 0) is 11.3 Å². The molecular weight excluding hydrogens is 448 g/mol. The number of benzene rings is 3. The van der Waals surface area contributed by atoms with Crippen LogP contribution < -0.4 is 9.47 Å². The van der Waals surface area contributed by atoms with E-state index in [1.807, 2.05) is 49.1 Å². The molecule has 0 unspecified atom stereocenters. The van der Waals surface area contributed by atoms with Crippen LogP contribution in [0.4, 0.5) is 0 Å². The molecule has 3 aromatic carbocycles. The van der Waals surface area contributed by atoms with Gasteiger partial charge in [0.25, 0.3) is 5.91 Å². The van der Waals surface area contributed by atoms with Gasteiger partial charge in [0.15, 0.2) is 6.61 Å². The maximum absolute atomic E-state index is 13.1. The molecule has 0 bridgehead atoms. The number of ether oxygens (including phenoxy) is 2. The molecule has 36 heavy (non-hydrogen) atoms. The van der Waals surface area contributed by atoms with Crippen molar-refractivity contribution in [1.82, 2.24) is 9.80 Å². The number of piperidine rings is 1. The Bertz CT molecular complexity index is 1120. The molecular formula is C31H36N2O3. The fraction of sp³-hybridized carbons (Fsp3) is 0.387. The molecule has 5 heteroatoms. The van der Waals surface area contributed by atoms with Gasteiger partial charge in [0.1, 0.15) is 11.5 Å². The first-order valence-electron chi connectivity index (χ1n) is 13.1. The molecule has 2 aliphatic heterocycles. The maximum atomic E-state index is 13.1.